The summed E-state index contributed by atoms with van der Waals surface area (Å²) in [6.45, 7) is 1.56. The molecule has 0 bridgehead atoms. The molecule has 0 saturated carbocycles. The van der Waals surface area contributed by atoms with Crippen LogP contribution >= 0.6 is 0 Å². The number of benzene rings is 1. The van der Waals surface area contributed by atoms with Gasteiger partial charge in [0.1, 0.15) is 6.54 Å². The summed E-state index contributed by atoms with van der Waals surface area (Å²) < 4.78 is 24.6. The van der Waals surface area contributed by atoms with Crippen LogP contribution in [0.25, 0.3) is 10.9 Å². The highest BCUT2D eigenvalue weighted by molar-refractivity contribution is 7.91. The molecule has 2 heterocycles. The normalized spacial score (nSPS) is 19.8. The van der Waals surface area contributed by atoms with Crippen LogP contribution in [0.3, 0.4) is 0 Å². The predicted molar refractivity (Wildman–Crippen MR) is 87.1 cm³/mol. The Hall–Kier alpha value is -2.15. The first kappa shape index (κ1) is 15.7. The van der Waals surface area contributed by atoms with Crippen molar-refractivity contribution in [1.29, 1.82) is 0 Å². The Morgan fingerprint density at radius 3 is 2.70 bits per heavy atom. The number of carbonyl (C=O) groups is 2. The van der Waals surface area contributed by atoms with Crippen molar-refractivity contribution >= 4 is 32.4 Å². The minimum absolute atomic E-state index is 0.00383. The first-order chi connectivity index (χ1) is 10.9. The maximum absolute atomic E-state index is 12.2. The summed E-state index contributed by atoms with van der Waals surface area (Å²) >= 11 is 0. The number of Topliss-reactive ketones (excluding diaryl/α,β-unsaturated/α-hetero) is 1. The zero-order valence-corrected chi connectivity index (χ0v) is 13.6. The van der Waals surface area contributed by atoms with E-state index in [4.69, 9.17) is 0 Å². The van der Waals surface area contributed by atoms with Gasteiger partial charge in [-0.3, -0.25) is 9.59 Å². The van der Waals surface area contributed by atoms with Crippen LogP contribution in [0.15, 0.2) is 30.5 Å². The molecule has 1 N–H and O–H groups in total. The topological polar surface area (TPSA) is 85.2 Å². The number of nitrogens with zero attached hydrogens (tertiary/aromatic N) is 1. The molecule has 1 aromatic carbocycles. The van der Waals surface area contributed by atoms with Gasteiger partial charge in [0.2, 0.25) is 5.91 Å². The van der Waals surface area contributed by atoms with E-state index in [0.717, 1.165) is 10.9 Å². The third-order valence-electron chi connectivity index (χ3n) is 4.08. The molecule has 1 saturated heterocycles. The van der Waals surface area contributed by atoms with Crippen LogP contribution in [0.4, 0.5) is 0 Å². The zero-order valence-electron chi connectivity index (χ0n) is 12.8. The maximum Gasteiger partial charge on any atom is 0.240 e. The van der Waals surface area contributed by atoms with E-state index in [1.165, 1.54) is 6.92 Å². The van der Waals surface area contributed by atoms with Crippen LogP contribution in [-0.2, 0) is 21.2 Å². The van der Waals surface area contributed by atoms with Gasteiger partial charge in [-0.15, -0.1) is 0 Å². The van der Waals surface area contributed by atoms with Crippen molar-refractivity contribution in [2.75, 3.05) is 11.5 Å². The SMILES string of the molecule is CC(=O)c1cn(CC(=O)NC2CCS(=O)(=O)C2)c2ccccc12. The molecule has 1 atom stereocenters. The Morgan fingerprint density at radius 2 is 2.04 bits per heavy atom. The number of rotatable bonds is 4. The van der Waals surface area contributed by atoms with Crippen molar-refractivity contribution < 1.29 is 18.0 Å². The summed E-state index contributed by atoms with van der Waals surface area (Å²) in [5.41, 5.74) is 1.39. The average Bonchev–Trinajstić information content (AvgIpc) is 3.00. The molecule has 1 unspecified atom stereocenters. The fourth-order valence-corrected chi connectivity index (χ4v) is 4.67. The Labute approximate surface area is 134 Å². The van der Waals surface area contributed by atoms with Gasteiger partial charge < -0.3 is 9.88 Å². The van der Waals surface area contributed by atoms with Crippen LogP contribution in [0.1, 0.15) is 23.7 Å². The van der Waals surface area contributed by atoms with Crippen LogP contribution in [0, 0.1) is 0 Å². The zero-order chi connectivity index (χ0) is 16.6. The number of ketones is 1. The lowest BCUT2D eigenvalue weighted by Gasteiger charge is -2.11. The van der Waals surface area contributed by atoms with Gasteiger partial charge in [0.05, 0.1) is 11.5 Å². The molecular formula is C16H18N2O4S. The average molecular weight is 334 g/mol. The van der Waals surface area contributed by atoms with Crippen molar-refractivity contribution in [2.24, 2.45) is 0 Å². The minimum atomic E-state index is -3.02. The van der Waals surface area contributed by atoms with Gasteiger partial charge in [0.25, 0.3) is 0 Å². The van der Waals surface area contributed by atoms with Crippen molar-refractivity contribution in [3.05, 3.63) is 36.0 Å². The Kier molecular flexibility index (Phi) is 3.97. The molecule has 1 aliphatic heterocycles. The number of amides is 1. The summed E-state index contributed by atoms with van der Waals surface area (Å²) in [6, 6.07) is 7.09. The molecular weight excluding hydrogens is 316 g/mol. The van der Waals surface area contributed by atoms with E-state index >= 15 is 0 Å². The van der Waals surface area contributed by atoms with E-state index in [9.17, 15) is 18.0 Å². The summed E-state index contributed by atoms with van der Waals surface area (Å²) in [6.07, 6.45) is 2.14. The summed E-state index contributed by atoms with van der Waals surface area (Å²) in [7, 11) is -3.02. The van der Waals surface area contributed by atoms with Gasteiger partial charge in [-0.05, 0) is 19.4 Å². The maximum atomic E-state index is 12.2. The first-order valence-electron chi connectivity index (χ1n) is 7.44. The number of fused-ring (bicyclic) bond motifs is 1. The van der Waals surface area contributed by atoms with Crippen molar-refractivity contribution in [3.63, 3.8) is 0 Å². The minimum Gasteiger partial charge on any atom is -0.351 e. The lowest BCUT2D eigenvalue weighted by atomic mass is 10.1. The van der Waals surface area contributed by atoms with Gasteiger partial charge in [0, 0.05) is 28.7 Å². The van der Waals surface area contributed by atoms with Gasteiger partial charge in [0.15, 0.2) is 15.6 Å². The number of carbonyl (C=O) groups excluding carboxylic acids is 2. The van der Waals surface area contributed by atoms with Crippen molar-refractivity contribution in [2.45, 2.75) is 25.9 Å². The molecule has 1 aromatic heterocycles. The van der Waals surface area contributed by atoms with Crippen LogP contribution < -0.4 is 5.32 Å². The van der Waals surface area contributed by atoms with Gasteiger partial charge in [-0.1, -0.05) is 18.2 Å². The van der Waals surface area contributed by atoms with E-state index in [2.05, 4.69) is 5.32 Å². The first-order valence-corrected chi connectivity index (χ1v) is 9.26. The van der Waals surface area contributed by atoms with Crippen LogP contribution in [0.5, 0.6) is 0 Å². The standard InChI is InChI=1S/C16H18N2O4S/c1-11(19)14-8-18(15-5-3-2-4-13(14)15)9-16(20)17-12-6-7-23(21,22)10-12/h2-5,8,12H,6-7,9-10H2,1H3,(H,17,20). The quantitative estimate of drug-likeness (QED) is 0.850. The molecule has 122 valence electrons. The summed E-state index contributed by atoms with van der Waals surface area (Å²) in [4.78, 5) is 23.9. The number of sulfone groups is 1. The summed E-state index contributed by atoms with van der Waals surface area (Å²) in [5.74, 6) is -0.173. The van der Waals surface area contributed by atoms with Gasteiger partial charge in [-0.25, -0.2) is 8.42 Å². The molecule has 2 aromatic rings. The second-order valence-corrected chi connectivity index (χ2v) is 8.14. The number of para-hydroxylation sites is 1. The van der Waals surface area contributed by atoms with Crippen molar-refractivity contribution in [3.8, 4) is 0 Å². The number of nitrogens with one attached hydrogen (secondary N) is 1. The number of hydrogen-bond donors (Lipinski definition) is 1. The van der Waals surface area contributed by atoms with Gasteiger partial charge >= 0.3 is 0 Å². The second kappa shape index (κ2) is 5.81. The predicted octanol–water partition coefficient (Wildman–Crippen LogP) is 1.15. The van der Waals surface area contributed by atoms with E-state index in [1.54, 1.807) is 10.8 Å². The fraction of sp³-hybridized carbons (Fsp3) is 0.375. The Morgan fingerprint density at radius 1 is 1.30 bits per heavy atom. The monoisotopic (exact) mass is 334 g/mol. The smallest absolute Gasteiger partial charge is 0.240 e. The van der Waals surface area contributed by atoms with Gasteiger partial charge in [-0.2, -0.15) is 0 Å². The molecule has 23 heavy (non-hydrogen) atoms. The lowest BCUT2D eigenvalue weighted by molar-refractivity contribution is -0.122. The molecule has 6 nitrogen and oxygen atoms in total. The molecule has 1 amide bonds. The van der Waals surface area contributed by atoms with E-state index < -0.39 is 9.84 Å². The van der Waals surface area contributed by atoms with Crippen LogP contribution in [-0.4, -0.2) is 42.2 Å². The molecule has 1 aliphatic rings. The fourth-order valence-electron chi connectivity index (χ4n) is 3.00. The Balaban J connectivity index is 1.79. The van der Waals surface area contributed by atoms with E-state index in [-0.39, 0.29) is 35.8 Å². The molecule has 1 fully saturated rings. The molecule has 0 spiro atoms. The molecule has 7 heteroatoms. The number of hydrogen-bond acceptors (Lipinski definition) is 4. The largest absolute Gasteiger partial charge is 0.351 e. The van der Waals surface area contributed by atoms with Crippen LogP contribution in [0.2, 0.25) is 0 Å². The van der Waals surface area contributed by atoms with E-state index in [1.807, 2.05) is 24.3 Å². The highest BCUT2D eigenvalue weighted by Crippen LogP contribution is 2.21. The third-order valence-corrected chi connectivity index (χ3v) is 5.85. The van der Waals surface area contributed by atoms with Crippen molar-refractivity contribution in [1.82, 2.24) is 9.88 Å². The molecule has 0 aliphatic carbocycles. The second-order valence-electron chi connectivity index (χ2n) is 5.91. The highest BCUT2D eigenvalue weighted by atomic mass is 32.2. The summed E-state index contributed by atoms with van der Waals surface area (Å²) in [5, 5.41) is 3.58. The molecule has 3 rings (SSSR count). The number of aromatic nitrogens is 1. The highest BCUT2D eigenvalue weighted by Gasteiger charge is 2.29. The third kappa shape index (κ3) is 3.29. The molecule has 0 radical (unpaired) electrons. The lowest BCUT2D eigenvalue weighted by Crippen LogP contribution is -2.37. The van der Waals surface area contributed by atoms with E-state index in [0.29, 0.717) is 12.0 Å². The Bertz CT molecular complexity index is 883.